The molecule has 0 aliphatic carbocycles. The van der Waals surface area contributed by atoms with Crippen molar-refractivity contribution in [2.75, 3.05) is 6.54 Å². The van der Waals surface area contributed by atoms with Crippen LogP contribution in [0.15, 0.2) is 30.3 Å². The molecule has 20 heavy (non-hydrogen) atoms. The zero-order chi connectivity index (χ0) is 13.8. The van der Waals surface area contributed by atoms with Gasteiger partial charge in [-0.1, -0.05) is 37.3 Å². The largest absolute Gasteiger partial charge is 0.392 e. The predicted octanol–water partition coefficient (Wildman–Crippen LogP) is 1.44. The molecule has 112 valence electrons. The first-order valence-electron chi connectivity index (χ1n) is 6.84. The van der Waals surface area contributed by atoms with Crippen LogP contribution in [0.5, 0.6) is 0 Å². The van der Waals surface area contributed by atoms with Gasteiger partial charge in [0.25, 0.3) is 0 Å². The van der Waals surface area contributed by atoms with E-state index < -0.39 is 6.10 Å². The third kappa shape index (κ3) is 4.20. The zero-order valence-electron chi connectivity index (χ0n) is 11.9. The van der Waals surface area contributed by atoms with Crippen LogP contribution in [0.3, 0.4) is 0 Å². The highest BCUT2D eigenvalue weighted by Crippen LogP contribution is 2.19. The summed E-state index contributed by atoms with van der Waals surface area (Å²) in [5, 5.41) is 15.5. The number of hydrogen-bond donors (Lipinski definition) is 3. The molecular formula is C15H23ClN2O2. The molecule has 4 unspecified atom stereocenters. The van der Waals surface area contributed by atoms with Gasteiger partial charge in [0.15, 0.2) is 0 Å². The number of aliphatic hydroxyl groups excluding tert-OH is 1. The van der Waals surface area contributed by atoms with E-state index in [-0.39, 0.29) is 36.3 Å². The lowest BCUT2D eigenvalue weighted by Gasteiger charge is -2.23. The number of amides is 1. The minimum Gasteiger partial charge on any atom is -0.392 e. The number of halogens is 1. The molecule has 1 amide bonds. The van der Waals surface area contributed by atoms with E-state index in [0.29, 0.717) is 13.0 Å². The van der Waals surface area contributed by atoms with Crippen LogP contribution in [0.2, 0.25) is 0 Å². The Morgan fingerprint density at radius 3 is 2.55 bits per heavy atom. The Bertz CT molecular complexity index is 427. The van der Waals surface area contributed by atoms with Gasteiger partial charge in [0.2, 0.25) is 5.91 Å². The summed E-state index contributed by atoms with van der Waals surface area (Å²) < 4.78 is 0. The molecule has 1 aliphatic rings. The van der Waals surface area contributed by atoms with Crippen molar-refractivity contribution in [1.29, 1.82) is 0 Å². The molecule has 4 atom stereocenters. The van der Waals surface area contributed by atoms with Crippen molar-refractivity contribution in [3.05, 3.63) is 35.9 Å². The molecule has 1 heterocycles. The lowest BCUT2D eigenvalue weighted by Crippen LogP contribution is -2.45. The van der Waals surface area contributed by atoms with E-state index in [1.165, 1.54) is 5.56 Å². The van der Waals surface area contributed by atoms with Gasteiger partial charge in [-0.05, 0) is 18.9 Å². The van der Waals surface area contributed by atoms with Gasteiger partial charge in [-0.25, -0.2) is 0 Å². The van der Waals surface area contributed by atoms with Crippen LogP contribution in [0, 0.1) is 0 Å². The minimum atomic E-state index is -0.405. The fourth-order valence-corrected chi connectivity index (χ4v) is 2.41. The molecule has 4 nitrogen and oxygen atoms in total. The van der Waals surface area contributed by atoms with E-state index in [4.69, 9.17) is 0 Å². The number of aliphatic hydroxyl groups is 1. The molecule has 0 radical (unpaired) electrons. The van der Waals surface area contributed by atoms with Gasteiger partial charge in [0.1, 0.15) is 0 Å². The van der Waals surface area contributed by atoms with Gasteiger partial charge in [-0.15, -0.1) is 12.4 Å². The summed E-state index contributed by atoms with van der Waals surface area (Å²) in [5.41, 5.74) is 1.22. The van der Waals surface area contributed by atoms with Gasteiger partial charge in [-0.3, -0.25) is 4.79 Å². The minimum absolute atomic E-state index is 0. The number of carbonyl (C=O) groups is 1. The second-order valence-electron chi connectivity index (χ2n) is 5.35. The smallest absolute Gasteiger partial charge is 0.237 e. The number of rotatable bonds is 4. The number of benzene rings is 1. The Balaban J connectivity index is 0.00000200. The number of carbonyl (C=O) groups excluding carboxylic acids is 1. The average Bonchev–Trinajstić information content (AvgIpc) is 2.85. The van der Waals surface area contributed by atoms with Crippen molar-refractivity contribution in [3.63, 3.8) is 0 Å². The van der Waals surface area contributed by atoms with Crippen LogP contribution >= 0.6 is 12.4 Å². The molecule has 3 N–H and O–H groups in total. The highest BCUT2D eigenvalue weighted by Gasteiger charge is 2.29. The summed E-state index contributed by atoms with van der Waals surface area (Å²) in [7, 11) is 0. The highest BCUT2D eigenvalue weighted by atomic mass is 35.5. The third-order valence-corrected chi connectivity index (χ3v) is 3.87. The third-order valence-electron chi connectivity index (χ3n) is 3.87. The molecule has 1 fully saturated rings. The standard InChI is InChI=1S/C15H22N2O2.ClH/c1-10(12-6-4-3-5-7-12)11(2)17-15(19)14-8-13(18)9-16-14;/h3-7,10-11,13-14,16,18H,8-9H2,1-2H3,(H,17,19);1H. The number of hydrogen-bond acceptors (Lipinski definition) is 3. The zero-order valence-corrected chi connectivity index (χ0v) is 12.7. The van der Waals surface area contributed by atoms with Crippen LogP contribution in [0.25, 0.3) is 0 Å². The van der Waals surface area contributed by atoms with Crippen LogP contribution < -0.4 is 10.6 Å². The van der Waals surface area contributed by atoms with Gasteiger partial charge >= 0.3 is 0 Å². The Kier molecular flexibility index (Phi) is 6.46. The first kappa shape index (κ1) is 17.0. The topological polar surface area (TPSA) is 61.4 Å². The normalized spacial score (nSPS) is 24.6. The van der Waals surface area contributed by atoms with Crippen molar-refractivity contribution in [2.45, 2.75) is 44.4 Å². The molecule has 5 heteroatoms. The van der Waals surface area contributed by atoms with Gasteiger partial charge in [0.05, 0.1) is 12.1 Å². The molecule has 0 saturated carbocycles. The molecule has 0 bridgehead atoms. The average molecular weight is 299 g/mol. The second-order valence-corrected chi connectivity index (χ2v) is 5.35. The van der Waals surface area contributed by atoms with E-state index in [2.05, 4.69) is 29.7 Å². The summed E-state index contributed by atoms with van der Waals surface area (Å²) >= 11 is 0. The highest BCUT2D eigenvalue weighted by molar-refractivity contribution is 5.85. The molecule has 2 rings (SSSR count). The fraction of sp³-hybridized carbons (Fsp3) is 0.533. The Hall–Kier alpha value is -1.10. The van der Waals surface area contributed by atoms with E-state index in [1.54, 1.807) is 0 Å². The molecule has 1 aliphatic heterocycles. The maximum atomic E-state index is 12.1. The number of nitrogens with one attached hydrogen (secondary N) is 2. The Labute approximate surface area is 126 Å². The second kappa shape index (κ2) is 7.62. The first-order valence-corrected chi connectivity index (χ1v) is 6.84. The molecule has 0 spiro atoms. The molecular weight excluding hydrogens is 276 g/mol. The first-order chi connectivity index (χ1) is 9.08. The number of β-amino-alcohol motifs (C(OH)–C–C–N with tert-alkyl or cyclic N) is 1. The van der Waals surface area contributed by atoms with Crippen molar-refractivity contribution < 1.29 is 9.90 Å². The quantitative estimate of drug-likeness (QED) is 0.788. The molecule has 0 aromatic heterocycles. The van der Waals surface area contributed by atoms with Gasteiger partial charge < -0.3 is 15.7 Å². The van der Waals surface area contributed by atoms with Crippen LogP contribution in [0.4, 0.5) is 0 Å². The van der Waals surface area contributed by atoms with Gasteiger partial charge in [-0.2, -0.15) is 0 Å². The van der Waals surface area contributed by atoms with E-state index in [1.807, 2.05) is 25.1 Å². The lowest BCUT2D eigenvalue weighted by atomic mass is 9.94. The molecule has 1 aromatic carbocycles. The van der Waals surface area contributed by atoms with Gasteiger partial charge in [0, 0.05) is 18.5 Å². The van der Waals surface area contributed by atoms with E-state index >= 15 is 0 Å². The fourth-order valence-electron chi connectivity index (χ4n) is 2.41. The Morgan fingerprint density at radius 1 is 1.35 bits per heavy atom. The lowest BCUT2D eigenvalue weighted by molar-refractivity contribution is -0.123. The van der Waals surface area contributed by atoms with Crippen molar-refractivity contribution in [1.82, 2.24) is 10.6 Å². The maximum absolute atomic E-state index is 12.1. The van der Waals surface area contributed by atoms with Crippen LogP contribution in [0.1, 0.15) is 31.7 Å². The van der Waals surface area contributed by atoms with E-state index in [9.17, 15) is 9.90 Å². The summed E-state index contributed by atoms with van der Waals surface area (Å²) in [6, 6.07) is 9.96. The molecule has 1 saturated heterocycles. The van der Waals surface area contributed by atoms with E-state index in [0.717, 1.165) is 0 Å². The maximum Gasteiger partial charge on any atom is 0.237 e. The van der Waals surface area contributed by atoms with Crippen molar-refractivity contribution >= 4 is 18.3 Å². The summed E-state index contributed by atoms with van der Waals surface area (Å²) in [4.78, 5) is 12.1. The molecule has 1 aromatic rings. The SMILES string of the molecule is CC(NC(=O)C1CC(O)CN1)C(C)c1ccccc1.Cl. The summed E-state index contributed by atoms with van der Waals surface area (Å²) in [5.74, 6) is 0.239. The van der Waals surface area contributed by atoms with Crippen LogP contribution in [-0.2, 0) is 4.79 Å². The van der Waals surface area contributed by atoms with Crippen molar-refractivity contribution in [3.8, 4) is 0 Å². The van der Waals surface area contributed by atoms with Crippen LogP contribution in [-0.4, -0.2) is 35.7 Å². The Morgan fingerprint density at radius 2 is 2.00 bits per heavy atom. The monoisotopic (exact) mass is 298 g/mol. The summed E-state index contributed by atoms with van der Waals surface area (Å²) in [6.07, 6.45) is 0.0933. The predicted molar refractivity (Wildman–Crippen MR) is 82.1 cm³/mol. The summed E-state index contributed by atoms with van der Waals surface area (Å²) in [6.45, 7) is 4.62. The van der Waals surface area contributed by atoms with Crippen molar-refractivity contribution in [2.24, 2.45) is 0 Å².